The summed E-state index contributed by atoms with van der Waals surface area (Å²) in [7, 11) is 0. The molecule has 0 aromatic carbocycles. The monoisotopic (exact) mass is 289 g/mol. The van der Waals surface area contributed by atoms with Gasteiger partial charge >= 0.3 is 0 Å². The van der Waals surface area contributed by atoms with Crippen molar-refractivity contribution in [3.63, 3.8) is 0 Å². The van der Waals surface area contributed by atoms with E-state index in [-0.39, 0.29) is 11.8 Å². The Morgan fingerprint density at radius 3 is 3.05 bits per heavy atom. The van der Waals surface area contributed by atoms with Crippen molar-refractivity contribution in [3.8, 4) is 0 Å². The van der Waals surface area contributed by atoms with Crippen LogP contribution in [-0.2, 0) is 11.3 Å². The smallest absolute Gasteiger partial charge is 0.232 e. The lowest BCUT2D eigenvalue weighted by Crippen LogP contribution is -2.23. The van der Waals surface area contributed by atoms with E-state index < -0.39 is 0 Å². The van der Waals surface area contributed by atoms with Gasteiger partial charge in [-0.2, -0.15) is 4.98 Å². The molecule has 5 nitrogen and oxygen atoms in total. The van der Waals surface area contributed by atoms with Crippen LogP contribution in [0.4, 0.5) is 0 Å². The first-order chi connectivity index (χ1) is 9.79. The molecule has 2 aromatic heterocycles. The van der Waals surface area contributed by atoms with Gasteiger partial charge in [0.2, 0.25) is 11.8 Å². The lowest BCUT2D eigenvalue weighted by Gasteiger charge is -2.14. The van der Waals surface area contributed by atoms with Gasteiger partial charge in [0.1, 0.15) is 0 Å². The molecule has 0 bridgehead atoms. The third-order valence-corrected chi connectivity index (χ3v) is 4.75. The average molecular weight is 289 g/mol. The standard InChI is InChI=1S/C14H15N3O2S/c18-12-6-10(7-17(12)8-11-2-1-5-20-11)14-15-13(16-19-14)9-3-4-9/h1-2,5,9-10H,3-4,6-8H2/t10-/m1/s1. The zero-order valence-electron chi connectivity index (χ0n) is 11.0. The molecule has 4 rings (SSSR count). The number of nitrogens with zero attached hydrogens (tertiary/aromatic N) is 3. The van der Waals surface area contributed by atoms with E-state index in [1.165, 1.54) is 4.88 Å². The highest BCUT2D eigenvalue weighted by Gasteiger charge is 2.36. The first-order valence-electron chi connectivity index (χ1n) is 6.93. The van der Waals surface area contributed by atoms with Gasteiger partial charge in [-0.05, 0) is 24.3 Å². The highest BCUT2D eigenvalue weighted by atomic mass is 32.1. The molecule has 1 aliphatic heterocycles. The Kier molecular flexibility index (Phi) is 2.84. The van der Waals surface area contributed by atoms with Gasteiger partial charge in [-0.3, -0.25) is 4.79 Å². The van der Waals surface area contributed by atoms with Crippen molar-refractivity contribution in [2.45, 2.75) is 37.6 Å². The molecule has 1 saturated carbocycles. The first-order valence-corrected chi connectivity index (χ1v) is 7.81. The number of likely N-dealkylation sites (tertiary alicyclic amines) is 1. The number of amides is 1. The lowest BCUT2D eigenvalue weighted by molar-refractivity contribution is -0.128. The van der Waals surface area contributed by atoms with Crippen LogP contribution in [0, 0.1) is 0 Å². The van der Waals surface area contributed by atoms with Crippen molar-refractivity contribution in [3.05, 3.63) is 34.1 Å². The second kappa shape index (κ2) is 4.70. The first kappa shape index (κ1) is 12.1. The summed E-state index contributed by atoms with van der Waals surface area (Å²) in [4.78, 5) is 19.6. The highest BCUT2D eigenvalue weighted by Crippen LogP contribution is 2.39. The number of hydrogen-bond donors (Lipinski definition) is 0. The fraction of sp³-hybridized carbons (Fsp3) is 0.500. The molecule has 0 radical (unpaired) electrons. The van der Waals surface area contributed by atoms with Gasteiger partial charge in [0.05, 0.1) is 12.5 Å². The predicted molar refractivity (Wildman–Crippen MR) is 73.4 cm³/mol. The van der Waals surface area contributed by atoms with Crippen molar-refractivity contribution in [1.82, 2.24) is 15.0 Å². The Bertz CT molecular complexity index is 618. The van der Waals surface area contributed by atoms with E-state index >= 15 is 0 Å². The van der Waals surface area contributed by atoms with Crippen LogP contribution in [0.1, 0.15) is 47.7 Å². The van der Waals surface area contributed by atoms with Gasteiger partial charge in [0.25, 0.3) is 0 Å². The molecular formula is C14H15N3O2S. The summed E-state index contributed by atoms with van der Waals surface area (Å²) in [6.45, 7) is 1.37. The molecule has 0 unspecified atom stereocenters. The molecule has 1 amide bonds. The molecule has 1 aliphatic carbocycles. The van der Waals surface area contributed by atoms with Crippen molar-refractivity contribution in [1.29, 1.82) is 0 Å². The maximum atomic E-state index is 12.1. The summed E-state index contributed by atoms with van der Waals surface area (Å²) in [6.07, 6.45) is 2.80. The minimum atomic E-state index is 0.0578. The second-order valence-electron chi connectivity index (χ2n) is 5.52. The van der Waals surface area contributed by atoms with E-state index in [4.69, 9.17) is 4.52 Å². The molecule has 1 atom stereocenters. The number of thiophene rings is 1. The largest absolute Gasteiger partial charge is 0.339 e. The van der Waals surface area contributed by atoms with E-state index in [0.717, 1.165) is 18.7 Å². The molecule has 104 valence electrons. The summed E-state index contributed by atoms with van der Waals surface area (Å²) < 4.78 is 5.34. The van der Waals surface area contributed by atoms with Gasteiger partial charge in [-0.1, -0.05) is 11.2 Å². The predicted octanol–water partition coefficient (Wildman–Crippen LogP) is 2.52. The van der Waals surface area contributed by atoms with E-state index in [1.807, 2.05) is 16.3 Å². The molecular weight excluding hydrogens is 274 g/mol. The Hall–Kier alpha value is -1.69. The molecule has 6 heteroatoms. The highest BCUT2D eigenvalue weighted by molar-refractivity contribution is 7.09. The Morgan fingerprint density at radius 1 is 1.40 bits per heavy atom. The molecule has 0 N–H and O–H groups in total. The molecule has 2 aromatic rings. The number of carbonyl (C=O) groups is 1. The van der Waals surface area contributed by atoms with Gasteiger partial charge < -0.3 is 9.42 Å². The van der Waals surface area contributed by atoms with E-state index in [2.05, 4.69) is 16.2 Å². The van der Waals surface area contributed by atoms with Crippen molar-refractivity contribution < 1.29 is 9.32 Å². The molecule has 1 saturated heterocycles. The Balaban J connectivity index is 1.46. The average Bonchev–Trinajstić information content (AvgIpc) is 2.89. The summed E-state index contributed by atoms with van der Waals surface area (Å²) in [5.41, 5.74) is 0. The summed E-state index contributed by atoms with van der Waals surface area (Å²) >= 11 is 1.68. The molecule has 0 spiro atoms. The van der Waals surface area contributed by atoms with Crippen LogP contribution in [0.15, 0.2) is 22.0 Å². The van der Waals surface area contributed by atoms with E-state index in [1.54, 1.807) is 11.3 Å². The summed E-state index contributed by atoms with van der Waals surface area (Å²) in [5, 5.41) is 6.07. The number of hydrogen-bond acceptors (Lipinski definition) is 5. The number of rotatable bonds is 4. The van der Waals surface area contributed by atoms with Gasteiger partial charge in [-0.15, -0.1) is 11.3 Å². The van der Waals surface area contributed by atoms with Crippen LogP contribution in [-0.4, -0.2) is 27.5 Å². The zero-order valence-corrected chi connectivity index (χ0v) is 11.8. The maximum absolute atomic E-state index is 12.1. The van der Waals surface area contributed by atoms with E-state index in [9.17, 15) is 4.79 Å². The minimum Gasteiger partial charge on any atom is -0.339 e. The van der Waals surface area contributed by atoms with Crippen LogP contribution in [0.25, 0.3) is 0 Å². The maximum Gasteiger partial charge on any atom is 0.232 e. The van der Waals surface area contributed by atoms with E-state index in [0.29, 0.717) is 31.3 Å². The van der Waals surface area contributed by atoms with Crippen LogP contribution in [0.3, 0.4) is 0 Å². The molecule has 2 aliphatic rings. The van der Waals surface area contributed by atoms with Crippen molar-refractivity contribution in [2.75, 3.05) is 6.54 Å². The topological polar surface area (TPSA) is 59.2 Å². The summed E-state index contributed by atoms with van der Waals surface area (Å²) in [5.74, 6) is 2.18. The van der Waals surface area contributed by atoms with Crippen molar-refractivity contribution >= 4 is 17.2 Å². The second-order valence-corrected chi connectivity index (χ2v) is 6.55. The van der Waals surface area contributed by atoms with Gasteiger partial charge in [-0.25, -0.2) is 0 Å². The number of aromatic nitrogens is 2. The third kappa shape index (κ3) is 2.24. The van der Waals surface area contributed by atoms with Crippen molar-refractivity contribution in [2.24, 2.45) is 0 Å². The van der Waals surface area contributed by atoms with Gasteiger partial charge in [0, 0.05) is 23.8 Å². The quantitative estimate of drug-likeness (QED) is 0.867. The van der Waals surface area contributed by atoms with Crippen LogP contribution >= 0.6 is 11.3 Å². The Morgan fingerprint density at radius 2 is 2.30 bits per heavy atom. The fourth-order valence-corrected chi connectivity index (χ4v) is 3.32. The van der Waals surface area contributed by atoms with Crippen LogP contribution < -0.4 is 0 Å². The summed E-state index contributed by atoms with van der Waals surface area (Å²) in [6, 6.07) is 4.07. The molecule has 2 fully saturated rings. The third-order valence-electron chi connectivity index (χ3n) is 3.89. The number of carbonyl (C=O) groups excluding carboxylic acids is 1. The van der Waals surface area contributed by atoms with Crippen LogP contribution in [0.2, 0.25) is 0 Å². The zero-order chi connectivity index (χ0) is 13.5. The SMILES string of the molecule is O=C1C[C@@H](c2nc(C3CC3)no2)CN1Cc1cccs1. The molecule has 3 heterocycles. The Labute approximate surface area is 120 Å². The molecule has 20 heavy (non-hydrogen) atoms. The lowest BCUT2D eigenvalue weighted by atomic mass is 10.1. The minimum absolute atomic E-state index is 0.0578. The van der Waals surface area contributed by atoms with Crippen LogP contribution in [0.5, 0.6) is 0 Å². The van der Waals surface area contributed by atoms with Gasteiger partial charge in [0.15, 0.2) is 5.82 Å². The fourth-order valence-electron chi connectivity index (χ4n) is 2.60. The normalized spacial score (nSPS) is 22.7.